The van der Waals surface area contributed by atoms with Gasteiger partial charge in [-0.1, -0.05) is 29.3 Å². The van der Waals surface area contributed by atoms with Gasteiger partial charge in [0.1, 0.15) is 0 Å². The molecule has 0 spiro atoms. The number of rotatable bonds is 5. The van der Waals surface area contributed by atoms with Crippen LogP contribution >= 0.6 is 23.2 Å². The molecule has 116 valence electrons. The van der Waals surface area contributed by atoms with E-state index in [2.05, 4.69) is 17.3 Å². The van der Waals surface area contributed by atoms with E-state index in [0.717, 1.165) is 37.9 Å². The van der Waals surface area contributed by atoms with Gasteiger partial charge in [-0.2, -0.15) is 0 Å². The molecule has 0 aliphatic carbocycles. The molecule has 2 rings (SSSR count). The summed E-state index contributed by atoms with van der Waals surface area (Å²) in [6.07, 6.45) is 3.61. The highest BCUT2D eigenvalue weighted by atomic mass is 35.5. The van der Waals surface area contributed by atoms with E-state index in [0.29, 0.717) is 28.9 Å². The largest absolute Gasteiger partial charge is 0.356 e. The first-order valence-electron chi connectivity index (χ1n) is 7.44. The Morgan fingerprint density at radius 1 is 1.33 bits per heavy atom. The van der Waals surface area contributed by atoms with Crippen LogP contribution in [-0.2, 0) is 11.2 Å². The summed E-state index contributed by atoms with van der Waals surface area (Å²) < 4.78 is 0. The molecule has 3 nitrogen and oxygen atoms in total. The van der Waals surface area contributed by atoms with Gasteiger partial charge in [0.15, 0.2) is 0 Å². The topological polar surface area (TPSA) is 32.3 Å². The minimum atomic E-state index is 0.148. The first-order valence-corrected chi connectivity index (χ1v) is 8.19. The van der Waals surface area contributed by atoms with Crippen LogP contribution in [-0.4, -0.2) is 37.5 Å². The lowest BCUT2D eigenvalue weighted by Crippen LogP contribution is -2.34. The molecule has 1 aromatic carbocycles. The molecule has 1 heterocycles. The van der Waals surface area contributed by atoms with Crippen molar-refractivity contribution in [1.29, 1.82) is 0 Å². The second-order valence-corrected chi connectivity index (χ2v) is 6.63. The van der Waals surface area contributed by atoms with E-state index in [1.165, 1.54) is 0 Å². The van der Waals surface area contributed by atoms with E-state index >= 15 is 0 Å². The van der Waals surface area contributed by atoms with Gasteiger partial charge in [-0.25, -0.2) is 0 Å². The van der Waals surface area contributed by atoms with Gasteiger partial charge in [-0.05, 0) is 63.0 Å². The van der Waals surface area contributed by atoms with Gasteiger partial charge >= 0.3 is 0 Å². The number of likely N-dealkylation sites (tertiary alicyclic amines) is 1. The monoisotopic (exact) mass is 328 g/mol. The number of nitrogens with one attached hydrogen (secondary N) is 1. The maximum absolute atomic E-state index is 11.9. The second kappa shape index (κ2) is 8.02. The van der Waals surface area contributed by atoms with Crippen molar-refractivity contribution in [2.24, 2.45) is 5.92 Å². The Balaban J connectivity index is 1.69. The summed E-state index contributed by atoms with van der Waals surface area (Å²) in [7, 11) is 2.13. The Bertz CT molecular complexity index is 485. The number of amides is 1. The highest BCUT2D eigenvalue weighted by molar-refractivity contribution is 6.35. The third-order valence-corrected chi connectivity index (χ3v) is 4.63. The van der Waals surface area contributed by atoms with Crippen LogP contribution < -0.4 is 5.32 Å². The summed E-state index contributed by atoms with van der Waals surface area (Å²) in [6, 6.07) is 5.47. The fourth-order valence-corrected chi connectivity index (χ4v) is 3.16. The molecule has 1 aliphatic heterocycles. The van der Waals surface area contributed by atoms with Crippen molar-refractivity contribution in [2.75, 3.05) is 26.7 Å². The Labute approximate surface area is 136 Å². The van der Waals surface area contributed by atoms with Crippen molar-refractivity contribution >= 4 is 29.1 Å². The zero-order valence-corrected chi connectivity index (χ0v) is 13.9. The Hall–Kier alpha value is -0.770. The quantitative estimate of drug-likeness (QED) is 0.898. The molecule has 1 fully saturated rings. The van der Waals surface area contributed by atoms with E-state index in [9.17, 15) is 4.79 Å². The van der Waals surface area contributed by atoms with E-state index in [4.69, 9.17) is 23.2 Å². The molecule has 1 N–H and O–H groups in total. The van der Waals surface area contributed by atoms with Gasteiger partial charge in [0, 0.05) is 23.0 Å². The number of hydrogen-bond donors (Lipinski definition) is 1. The van der Waals surface area contributed by atoms with Crippen LogP contribution in [0.3, 0.4) is 0 Å². The lowest BCUT2D eigenvalue weighted by Gasteiger charge is -2.28. The van der Waals surface area contributed by atoms with Crippen molar-refractivity contribution in [3.8, 4) is 0 Å². The van der Waals surface area contributed by atoms with Crippen molar-refractivity contribution in [1.82, 2.24) is 10.2 Å². The van der Waals surface area contributed by atoms with Crippen molar-refractivity contribution < 1.29 is 4.79 Å². The van der Waals surface area contributed by atoms with Crippen molar-refractivity contribution in [2.45, 2.75) is 25.7 Å². The van der Waals surface area contributed by atoms with E-state index < -0.39 is 0 Å². The van der Waals surface area contributed by atoms with Gasteiger partial charge in [-0.3, -0.25) is 4.79 Å². The van der Waals surface area contributed by atoms with Crippen LogP contribution in [0.5, 0.6) is 0 Å². The number of halogens is 2. The van der Waals surface area contributed by atoms with E-state index in [-0.39, 0.29) is 5.91 Å². The number of benzene rings is 1. The summed E-state index contributed by atoms with van der Waals surface area (Å²) in [4.78, 5) is 14.3. The van der Waals surface area contributed by atoms with Crippen LogP contribution in [0.4, 0.5) is 0 Å². The van der Waals surface area contributed by atoms with Crippen LogP contribution in [0.25, 0.3) is 0 Å². The molecular weight excluding hydrogens is 307 g/mol. The minimum Gasteiger partial charge on any atom is -0.356 e. The Morgan fingerprint density at radius 3 is 2.71 bits per heavy atom. The number of piperidine rings is 1. The standard InChI is InChI=1S/C16H22Cl2N2O/c1-20-8-5-12(6-9-20)10-16(21)19-7-4-13-2-3-14(17)11-15(13)18/h2-3,11-12H,4-10H2,1H3,(H,19,21). The van der Waals surface area contributed by atoms with Gasteiger partial charge in [-0.15, -0.1) is 0 Å². The number of carbonyl (C=O) groups excluding carboxylic acids is 1. The van der Waals surface area contributed by atoms with Crippen molar-refractivity contribution in [3.63, 3.8) is 0 Å². The number of carbonyl (C=O) groups is 1. The summed E-state index contributed by atoms with van der Waals surface area (Å²) in [5.41, 5.74) is 1.01. The van der Waals surface area contributed by atoms with Gasteiger partial charge in [0.05, 0.1) is 0 Å². The third kappa shape index (κ3) is 5.50. The fourth-order valence-electron chi connectivity index (χ4n) is 2.66. The zero-order chi connectivity index (χ0) is 15.2. The lowest BCUT2D eigenvalue weighted by atomic mass is 9.93. The molecule has 21 heavy (non-hydrogen) atoms. The highest BCUT2D eigenvalue weighted by Crippen LogP contribution is 2.21. The normalized spacial score (nSPS) is 16.9. The predicted molar refractivity (Wildman–Crippen MR) is 88.0 cm³/mol. The molecule has 0 saturated carbocycles. The zero-order valence-electron chi connectivity index (χ0n) is 12.4. The molecule has 0 radical (unpaired) electrons. The Kier molecular flexibility index (Phi) is 6.34. The minimum absolute atomic E-state index is 0.148. The van der Waals surface area contributed by atoms with Gasteiger partial charge < -0.3 is 10.2 Å². The molecule has 1 amide bonds. The SMILES string of the molecule is CN1CCC(CC(=O)NCCc2ccc(Cl)cc2Cl)CC1. The first-order chi connectivity index (χ1) is 10.0. The number of hydrogen-bond acceptors (Lipinski definition) is 2. The molecule has 0 atom stereocenters. The lowest BCUT2D eigenvalue weighted by molar-refractivity contribution is -0.122. The molecule has 1 aliphatic rings. The highest BCUT2D eigenvalue weighted by Gasteiger charge is 2.19. The van der Waals surface area contributed by atoms with Crippen LogP contribution in [0.2, 0.25) is 10.0 Å². The van der Waals surface area contributed by atoms with E-state index in [1.54, 1.807) is 6.07 Å². The van der Waals surface area contributed by atoms with Crippen LogP contribution in [0.1, 0.15) is 24.8 Å². The van der Waals surface area contributed by atoms with Gasteiger partial charge in [0.2, 0.25) is 5.91 Å². The smallest absolute Gasteiger partial charge is 0.220 e. The summed E-state index contributed by atoms with van der Waals surface area (Å²) in [6.45, 7) is 2.81. The summed E-state index contributed by atoms with van der Waals surface area (Å²) in [5, 5.41) is 4.28. The number of nitrogens with zero attached hydrogens (tertiary/aromatic N) is 1. The molecule has 0 unspecified atom stereocenters. The van der Waals surface area contributed by atoms with E-state index in [1.807, 2.05) is 12.1 Å². The fraction of sp³-hybridized carbons (Fsp3) is 0.562. The second-order valence-electron chi connectivity index (χ2n) is 5.79. The summed E-state index contributed by atoms with van der Waals surface area (Å²) in [5.74, 6) is 0.676. The van der Waals surface area contributed by atoms with Gasteiger partial charge in [0.25, 0.3) is 0 Å². The summed E-state index contributed by atoms with van der Waals surface area (Å²) >= 11 is 12.0. The molecule has 5 heteroatoms. The maximum Gasteiger partial charge on any atom is 0.220 e. The molecule has 0 aromatic heterocycles. The molecule has 1 saturated heterocycles. The maximum atomic E-state index is 11.9. The molecule has 0 bridgehead atoms. The van der Waals surface area contributed by atoms with Crippen LogP contribution in [0, 0.1) is 5.92 Å². The Morgan fingerprint density at radius 2 is 2.05 bits per heavy atom. The average Bonchev–Trinajstić information content (AvgIpc) is 2.44. The molecule has 1 aromatic rings. The third-order valence-electron chi connectivity index (χ3n) is 4.04. The first kappa shape index (κ1) is 16.6. The predicted octanol–water partition coefficient (Wildman–Crippen LogP) is 3.38. The average molecular weight is 329 g/mol. The van der Waals surface area contributed by atoms with Crippen LogP contribution in [0.15, 0.2) is 18.2 Å². The molecular formula is C16H22Cl2N2O. The van der Waals surface area contributed by atoms with Crippen molar-refractivity contribution in [3.05, 3.63) is 33.8 Å².